The summed E-state index contributed by atoms with van der Waals surface area (Å²) in [6.07, 6.45) is 1.53. The number of aromatic hydroxyl groups is 1. The van der Waals surface area contributed by atoms with Crippen molar-refractivity contribution in [1.29, 1.82) is 0 Å². The van der Waals surface area contributed by atoms with E-state index >= 15 is 0 Å². The summed E-state index contributed by atoms with van der Waals surface area (Å²) in [6.45, 7) is 2.90. The molecule has 27 heavy (non-hydrogen) atoms. The van der Waals surface area contributed by atoms with E-state index in [-0.39, 0.29) is 17.7 Å². The Kier molecular flexibility index (Phi) is 6.40. The molecule has 2 heterocycles. The lowest BCUT2D eigenvalue weighted by atomic mass is 10.0. The summed E-state index contributed by atoms with van der Waals surface area (Å²) in [7, 11) is 0. The first kappa shape index (κ1) is 18.9. The number of phenolic OH excluding ortho intramolecular Hbond substituents is 1. The fourth-order valence-electron chi connectivity index (χ4n) is 2.55. The van der Waals surface area contributed by atoms with Gasteiger partial charge in [0.15, 0.2) is 0 Å². The van der Waals surface area contributed by atoms with E-state index in [0.29, 0.717) is 24.7 Å². The third-order valence-electron chi connectivity index (χ3n) is 3.89. The number of ether oxygens (including phenoxy) is 1. The van der Waals surface area contributed by atoms with Crippen molar-refractivity contribution in [1.82, 2.24) is 10.3 Å². The van der Waals surface area contributed by atoms with Crippen molar-refractivity contribution in [3.63, 3.8) is 0 Å². The van der Waals surface area contributed by atoms with Crippen molar-refractivity contribution >= 4 is 23.1 Å². The van der Waals surface area contributed by atoms with E-state index in [1.54, 1.807) is 41.7 Å². The molecule has 1 unspecified atom stereocenters. The maximum atomic E-state index is 12.7. The summed E-state index contributed by atoms with van der Waals surface area (Å²) in [5.74, 6) is 0.568. The highest BCUT2D eigenvalue weighted by atomic mass is 32.1. The Hall–Kier alpha value is -2.90. The molecule has 1 amide bonds. The summed E-state index contributed by atoms with van der Waals surface area (Å²) >= 11 is 1.55. The SMILES string of the molecule is CCOCNc1ccc(C(=O)NC(c2cccc(O)c2)c2cccs2)cn1. The molecule has 3 aromatic rings. The summed E-state index contributed by atoms with van der Waals surface area (Å²) in [5, 5.41) is 17.8. The summed E-state index contributed by atoms with van der Waals surface area (Å²) < 4.78 is 5.22. The summed E-state index contributed by atoms with van der Waals surface area (Å²) in [6, 6.07) is 13.9. The lowest BCUT2D eigenvalue weighted by Gasteiger charge is -2.18. The number of carbonyl (C=O) groups is 1. The van der Waals surface area contributed by atoms with Crippen LogP contribution in [0.5, 0.6) is 5.75 Å². The van der Waals surface area contributed by atoms with Crippen molar-refractivity contribution in [3.05, 3.63) is 76.1 Å². The number of thiophene rings is 1. The van der Waals surface area contributed by atoms with Gasteiger partial charge in [0.2, 0.25) is 0 Å². The zero-order valence-corrected chi connectivity index (χ0v) is 15.7. The molecule has 0 saturated heterocycles. The lowest BCUT2D eigenvalue weighted by Crippen LogP contribution is -2.29. The highest BCUT2D eigenvalue weighted by Crippen LogP contribution is 2.28. The van der Waals surface area contributed by atoms with Gasteiger partial charge in [0.1, 0.15) is 18.3 Å². The van der Waals surface area contributed by atoms with Crippen LogP contribution < -0.4 is 10.6 Å². The van der Waals surface area contributed by atoms with E-state index < -0.39 is 0 Å². The third-order valence-corrected chi connectivity index (χ3v) is 4.83. The fourth-order valence-corrected chi connectivity index (χ4v) is 3.36. The molecule has 6 nitrogen and oxygen atoms in total. The molecule has 0 spiro atoms. The Morgan fingerprint density at radius 3 is 2.81 bits per heavy atom. The van der Waals surface area contributed by atoms with Crippen LogP contribution in [0.15, 0.2) is 60.1 Å². The molecule has 2 aromatic heterocycles. The minimum atomic E-state index is -0.347. The van der Waals surface area contributed by atoms with Gasteiger partial charge in [-0.05, 0) is 48.2 Å². The van der Waals surface area contributed by atoms with Crippen molar-refractivity contribution in [2.24, 2.45) is 0 Å². The normalized spacial score (nSPS) is 11.7. The minimum Gasteiger partial charge on any atom is -0.508 e. The van der Waals surface area contributed by atoms with Gasteiger partial charge in [-0.1, -0.05) is 18.2 Å². The molecule has 1 aromatic carbocycles. The van der Waals surface area contributed by atoms with E-state index in [0.717, 1.165) is 10.4 Å². The van der Waals surface area contributed by atoms with Crippen molar-refractivity contribution in [2.75, 3.05) is 18.7 Å². The van der Waals surface area contributed by atoms with E-state index in [2.05, 4.69) is 15.6 Å². The number of amides is 1. The predicted octanol–water partition coefficient (Wildman–Crippen LogP) is 3.77. The van der Waals surface area contributed by atoms with Crippen LogP contribution in [0.25, 0.3) is 0 Å². The van der Waals surface area contributed by atoms with Gasteiger partial charge >= 0.3 is 0 Å². The number of hydrogen-bond acceptors (Lipinski definition) is 6. The highest BCUT2D eigenvalue weighted by molar-refractivity contribution is 7.10. The third kappa shape index (κ3) is 5.06. The van der Waals surface area contributed by atoms with Gasteiger partial charge in [-0.2, -0.15) is 0 Å². The molecule has 7 heteroatoms. The van der Waals surface area contributed by atoms with Crippen molar-refractivity contribution < 1.29 is 14.6 Å². The Balaban J connectivity index is 1.75. The molecule has 0 radical (unpaired) electrons. The molecule has 140 valence electrons. The molecular formula is C20H21N3O3S. The summed E-state index contributed by atoms with van der Waals surface area (Å²) in [5.41, 5.74) is 1.27. The largest absolute Gasteiger partial charge is 0.508 e. The van der Waals surface area contributed by atoms with Crippen LogP contribution in [0.4, 0.5) is 5.82 Å². The number of benzene rings is 1. The van der Waals surface area contributed by atoms with E-state index in [4.69, 9.17) is 4.74 Å². The topological polar surface area (TPSA) is 83.5 Å². The number of hydrogen-bond donors (Lipinski definition) is 3. The average Bonchev–Trinajstić information content (AvgIpc) is 3.21. The maximum absolute atomic E-state index is 12.7. The molecule has 0 saturated carbocycles. The second-order valence-electron chi connectivity index (χ2n) is 5.76. The first-order valence-electron chi connectivity index (χ1n) is 8.58. The van der Waals surface area contributed by atoms with Gasteiger partial charge in [0.25, 0.3) is 5.91 Å². The predicted molar refractivity (Wildman–Crippen MR) is 106 cm³/mol. The van der Waals surface area contributed by atoms with Gasteiger partial charge in [-0.25, -0.2) is 4.98 Å². The zero-order valence-electron chi connectivity index (χ0n) is 14.9. The molecule has 0 aliphatic rings. The lowest BCUT2D eigenvalue weighted by molar-refractivity contribution is 0.0943. The second kappa shape index (κ2) is 9.16. The van der Waals surface area contributed by atoms with E-state index in [1.807, 2.05) is 30.5 Å². The van der Waals surface area contributed by atoms with Crippen LogP contribution in [-0.2, 0) is 4.74 Å². The smallest absolute Gasteiger partial charge is 0.253 e. The summed E-state index contributed by atoms with van der Waals surface area (Å²) in [4.78, 5) is 17.9. The first-order valence-corrected chi connectivity index (χ1v) is 9.46. The Morgan fingerprint density at radius 1 is 1.26 bits per heavy atom. The quantitative estimate of drug-likeness (QED) is 0.407. The van der Waals surface area contributed by atoms with Crippen LogP contribution in [-0.4, -0.2) is 29.3 Å². The number of nitrogens with zero attached hydrogens (tertiary/aromatic N) is 1. The van der Waals surface area contributed by atoms with Crippen LogP contribution in [0.2, 0.25) is 0 Å². The number of pyridine rings is 1. The van der Waals surface area contributed by atoms with Crippen LogP contribution in [0.3, 0.4) is 0 Å². The van der Waals surface area contributed by atoms with Crippen LogP contribution in [0.1, 0.15) is 33.8 Å². The molecule has 3 rings (SSSR count). The molecular weight excluding hydrogens is 362 g/mol. The molecule has 0 bridgehead atoms. The number of carbonyl (C=O) groups excluding carboxylic acids is 1. The average molecular weight is 383 g/mol. The van der Waals surface area contributed by atoms with Crippen molar-refractivity contribution in [3.8, 4) is 5.75 Å². The Labute approximate surface area is 161 Å². The first-order chi connectivity index (χ1) is 13.2. The number of anilines is 1. The molecule has 0 aliphatic heterocycles. The zero-order chi connectivity index (χ0) is 19.1. The van der Waals surface area contributed by atoms with Crippen LogP contribution in [0, 0.1) is 0 Å². The number of aromatic nitrogens is 1. The standard InChI is InChI=1S/C20H21N3O3S/c1-2-26-13-22-18-9-8-15(12-21-18)20(25)23-19(17-7-4-10-27-17)14-5-3-6-16(24)11-14/h3-12,19,24H,2,13H2,1H3,(H,21,22)(H,23,25). The van der Waals surface area contributed by atoms with Crippen LogP contribution >= 0.6 is 11.3 Å². The monoisotopic (exact) mass is 383 g/mol. The van der Waals surface area contributed by atoms with E-state index in [9.17, 15) is 9.90 Å². The molecule has 0 aliphatic carbocycles. The Morgan fingerprint density at radius 2 is 2.15 bits per heavy atom. The number of rotatable bonds is 8. The number of nitrogens with one attached hydrogen (secondary N) is 2. The molecule has 3 N–H and O–H groups in total. The van der Waals surface area contributed by atoms with Gasteiger partial charge in [-0.3, -0.25) is 4.79 Å². The van der Waals surface area contributed by atoms with Gasteiger partial charge in [0.05, 0.1) is 11.6 Å². The Bertz CT molecular complexity index is 866. The molecule has 0 fully saturated rings. The van der Waals surface area contributed by atoms with E-state index in [1.165, 1.54) is 6.20 Å². The van der Waals surface area contributed by atoms with Gasteiger partial charge < -0.3 is 20.5 Å². The second-order valence-corrected chi connectivity index (χ2v) is 6.74. The van der Waals surface area contributed by atoms with Gasteiger partial charge in [0, 0.05) is 17.7 Å². The van der Waals surface area contributed by atoms with Gasteiger partial charge in [-0.15, -0.1) is 11.3 Å². The number of phenols is 1. The highest BCUT2D eigenvalue weighted by Gasteiger charge is 2.19. The maximum Gasteiger partial charge on any atom is 0.253 e. The van der Waals surface area contributed by atoms with Crippen molar-refractivity contribution in [2.45, 2.75) is 13.0 Å². The molecule has 1 atom stereocenters. The minimum absolute atomic E-state index is 0.162. The fraction of sp³-hybridized carbons (Fsp3) is 0.200.